The zero-order valence-corrected chi connectivity index (χ0v) is 17.0. The molecule has 8 heteroatoms. The van der Waals surface area contributed by atoms with E-state index in [0.29, 0.717) is 22.9 Å². The van der Waals surface area contributed by atoms with Crippen LogP contribution in [0.2, 0.25) is 0 Å². The lowest BCUT2D eigenvalue weighted by Crippen LogP contribution is -2.19. The van der Waals surface area contributed by atoms with Crippen LogP contribution in [0, 0.1) is 0 Å². The lowest BCUT2D eigenvalue weighted by atomic mass is 10.1. The fourth-order valence-electron chi connectivity index (χ4n) is 3.60. The normalized spacial score (nSPS) is 13.7. The van der Waals surface area contributed by atoms with Crippen LogP contribution in [0.5, 0.6) is 0 Å². The van der Waals surface area contributed by atoms with Crippen LogP contribution in [0.3, 0.4) is 0 Å². The summed E-state index contributed by atoms with van der Waals surface area (Å²) in [5, 5.41) is 4.96. The number of rotatable bonds is 4. The number of nitrogens with zero attached hydrogens (tertiary/aromatic N) is 4. The van der Waals surface area contributed by atoms with Gasteiger partial charge in [-0.05, 0) is 48.6 Å². The number of carbonyl (C=O) groups excluding carboxylic acids is 1. The fourth-order valence-corrected chi connectivity index (χ4v) is 4.45. The van der Waals surface area contributed by atoms with Gasteiger partial charge < -0.3 is 16.0 Å². The van der Waals surface area contributed by atoms with Gasteiger partial charge in [0, 0.05) is 30.5 Å². The van der Waals surface area contributed by atoms with E-state index in [2.05, 4.69) is 20.6 Å². The number of thiophene rings is 1. The number of hydrogen-bond acceptors (Lipinski definition) is 7. The molecule has 1 fully saturated rings. The van der Waals surface area contributed by atoms with E-state index >= 15 is 0 Å². The molecule has 150 valence electrons. The van der Waals surface area contributed by atoms with Gasteiger partial charge in [0.2, 0.25) is 0 Å². The first-order valence-electron chi connectivity index (χ1n) is 9.81. The highest BCUT2D eigenvalue weighted by Gasteiger charge is 2.19. The Morgan fingerprint density at radius 2 is 1.97 bits per heavy atom. The molecule has 5 rings (SSSR count). The number of hydrogen-bond donors (Lipinski definition) is 2. The summed E-state index contributed by atoms with van der Waals surface area (Å²) in [4.78, 5) is 28.5. The minimum Gasteiger partial charge on any atom is -0.384 e. The van der Waals surface area contributed by atoms with Gasteiger partial charge in [0.25, 0.3) is 5.91 Å². The Morgan fingerprint density at radius 1 is 1.10 bits per heavy atom. The van der Waals surface area contributed by atoms with E-state index in [1.54, 1.807) is 23.5 Å². The lowest BCUT2D eigenvalue weighted by Gasteiger charge is -2.18. The molecule has 7 nitrogen and oxygen atoms in total. The predicted octanol–water partition coefficient (Wildman–Crippen LogP) is 4.19. The fraction of sp³-hybridized carbons (Fsp3) is 0.182. The second-order valence-corrected chi connectivity index (χ2v) is 8.12. The molecular formula is C22H20N6OS. The molecule has 1 amide bonds. The highest BCUT2D eigenvalue weighted by atomic mass is 32.1. The minimum absolute atomic E-state index is 0.244. The van der Waals surface area contributed by atoms with Crippen LogP contribution in [0.25, 0.3) is 21.6 Å². The van der Waals surface area contributed by atoms with Crippen LogP contribution in [0.15, 0.2) is 54.0 Å². The van der Waals surface area contributed by atoms with Crippen LogP contribution >= 0.6 is 11.3 Å². The summed E-state index contributed by atoms with van der Waals surface area (Å²) in [5.41, 5.74) is 8.52. The number of nitrogens with one attached hydrogen (secondary N) is 1. The molecular weight excluding hydrogens is 396 g/mol. The maximum Gasteiger partial charge on any atom is 0.257 e. The third-order valence-electron chi connectivity index (χ3n) is 5.12. The zero-order valence-electron chi connectivity index (χ0n) is 16.2. The average molecular weight is 417 g/mol. The first-order chi connectivity index (χ1) is 14.7. The number of amides is 1. The third-order valence-corrected chi connectivity index (χ3v) is 6.02. The SMILES string of the molecule is Nc1ccc(C(=O)Nc2cccc(-c3nc(N4CCCC4)c4sccc4n3)c2)cn1. The van der Waals surface area contributed by atoms with Crippen molar-refractivity contribution in [2.45, 2.75) is 12.8 Å². The van der Waals surface area contributed by atoms with Gasteiger partial charge in [-0.3, -0.25) is 4.79 Å². The van der Waals surface area contributed by atoms with Gasteiger partial charge in [-0.1, -0.05) is 12.1 Å². The van der Waals surface area contributed by atoms with E-state index in [4.69, 9.17) is 15.7 Å². The van der Waals surface area contributed by atoms with Crippen molar-refractivity contribution in [2.75, 3.05) is 29.0 Å². The van der Waals surface area contributed by atoms with Gasteiger partial charge in [-0.15, -0.1) is 11.3 Å². The van der Waals surface area contributed by atoms with Gasteiger partial charge in [-0.25, -0.2) is 15.0 Å². The monoisotopic (exact) mass is 416 g/mol. The summed E-state index contributed by atoms with van der Waals surface area (Å²) in [7, 11) is 0. The molecule has 3 aromatic heterocycles. The van der Waals surface area contributed by atoms with Gasteiger partial charge >= 0.3 is 0 Å². The molecule has 1 aromatic carbocycles. The number of benzene rings is 1. The number of pyridine rings is 1. The topological polar surface area (TPSA) is 97.0 Å². The summed E-state index contributed by atoms with van der Waals surface area (Å²) in [6, 6.07) is 12.9. The highest BCUT2D eigenvalue weighted by Crippen LogP contribution is 2.33. The summed E-state index contributed by atoms with van der Waals surface area (Å²) in [5.74, 6) is 1.80. The van der Waals surface area contributed by atoms with Crippen LogP contribution in [0.1, 0.15) is 23.2 Å². The maximum atomic E-state index is 12.5. The molecule has 4 aromatic rings. The summed E-state index contributed by atoms with van der Waals surface area (Å²) >= 11 is 1.68. The van der Waals surface area contributed by atoms with E-state index in [1.807, 2.05) is 30.3 Å². The van der Waals surface area contributed by atoms with Crippen molar-refractivity contribution in [1.29, 1.82) is 0 Å². The zero-order chi connectivity index (χ0) is 20.5. The molecule has 0 radical (unpaired) electrons. The number of fused-ring (bicyclic) bond motifs is 1. The molecule has 3 N–H and O–H groups in total. The smallest absolute Gasteiger partial charge is 0.257 e. The Kier molecular flexibility index (Phi) is 4.76. The second kappa shape index (κ2) is 7.72. The molecule has 0 bridgehead atoms. The molecule has 30 heavy (non-hydrogen) atoms. The molecule has 1 aliphatic heterocycles. The number of nitrogens with two attached hydrogens (primary N) is 1. The van der Waals surface area contributed by atoms with Gasteiger partial charge in [-0.2, -0.15) is 0 Å². The Labute approximate surface area is 177 Å². The van der Waals surface area contributed by atoms with Crippen molar-refractivity contribution in [3.63, 3.8) is 0 Å². The van der Waals surface area contributed by atoms with Crippen LogP contribution in [-0.2, 0) is 0 Å². The average Bonchev–Trinajstić information content (AvgIpc) is 3.46. The Hall–Kier alpha value is -3.52. The number of nitrogen functional groups attached to an aromatic ring is 1. The van der Waals surface area contributed by atoms with Crippen molar-refractivity contribution in [2.24, 2.45) is 0 Å². The van der Waals surface area contributed by atoms with E-state index in [9.17, 15) is 4.79 Å². The first-order valence-corrected chi connectivity index (χ1v) is 10.7. The van der Waals surface area contributed by atoms with E-state index in [-0.39, 0.29) is 5.91 Å². The minimum atomic E-state index is -0.244. The molecule has 0 spiro atoms. The van der Waals surface area contributed by atoms with Crippen molar-refractivity contribution < 1.29 is 4.79 Å². The molecule has 0 aliphatic carbocycles. The largest absolute Gasteiger partial charge is 0.384 e. The lowest BCUT2D eigenvalue weighted by molar-refractivity contribution is 0.102. The Bertz CT molecular complexity index is 1210. The van der Waals surface area contributed by atoms with Gasteiger partial charge in [0.15, 0.2) is 11.6 Å². The summed E-state index contributed by atoms with van der Waals surface area (Å²) in [6.07, 6.45) is 3.84. The van der Waals surface area contributed by atoms with E-state index in [1.165, 1.54) is 19.0 Å². The summed E-state index contributed by atoms with van der Waals surface area (Å²) < 4.78 is 1.13. The molecule has 1 saturated heterocycles. The molecule has 1 aliphatic rings. The second-order valence-electron chi connectivity index (χ2n) is 7.21. The molecule has 0 atom stereocenters. The van der Waals surface area contributed by atoms with Crippen molar-refractivity contribution in [3.8, 4) is 11.4 Å². The molecule has 0 saturated carbocycles. The Balaban J connectivity index is 1.47. The quantitative estimate of drug-likeness (QED) is 0.518. The first kappa shape index (κ1) is 18.5. The summed E-state index contributed by atoms with van der Waals surface area (Å²) in [6.45, 7) is 2.05. The molecule has 0 unspecified atom stereocenters. The number of anilines is 3. The maximum absolute atomic E-state index is 12.5. The Morgan fingerprint density at radius 3 is 2.77 bits per heavy atom. The van der Waals surface area contributed by atoms with Crippen molar-refractivity contribution in [3.05, 3.63) is 59.6 Å². The van der Waals surface area contributed by atoms with E-state index < -0.39 is 0 Å². The van der Waals surface area contributed by atoms with E-state index in [0.717, 1.165) is 34.7 Å². The highest BCUT2D eigenvalue weighted by molar-refractivity contribution is 7.17. The predicted molar refractivity (Wildman–Crippen MR) is 121 cm³/mol. The van der Waals surface area contributed by atoms with Crippen LogP contribution < -0.4 is 16.0 Å². The van der Waals surface area contributed by atoms with Crippen LogP contribution in [-0.4, -0.2) is 33.9 Å². The van der Waals surface area contributed by atoms with Gasteiger partial charge in [0.1, 0.15) is 5.82 Å². The third kappa shape index (κ3) is 3.57. The molecule has 4 heterocycles. The van der Waals surface area contributed by atoms with Crippen molar-refractivity contribution in [1.82, 2.24) is 15.0 Å². The van der Waals surface area contributed by atoms with Crippen molar-refractivity contribution >= 4 is 44.8 Å². The number of aromatic nitrogens is 3. The van der Waals surface area contributed by atoms with Gasteiger partial charge in [0.05, 0.1) is 15.8 Å². The standard InChI is InChI=1S/C22H20N6OS/c23-18-7-6-15(13-24-18)22(29)25-16-5-3-4-14(12-16)20-26-17-8-11-30-19(17)21(27-20)28-9-1-2-10-28/h3-8,11-13H,1-2,9-10H2,(H2,23,24)(H,25,29). The number of carbonyl (C=O) groups is 1. The van der Waals surface area contributed by atoms with Crippen LogP contribution in [0.4, 0.5) is 17.3 Å².